The number of aliphatic hydroxyl groups excluding tert-OH is 1. The van der Waals surface area contributed by atoms with Crippen molar-refractivity contribution in [3.05, 3.63) is 35.9 Å². The van der Waals surface area contributed by atoms with Gasteiger partial charge in [0.25, 0.3) is 0 Å². The Hall–Kier alpha value is -0.820. The van der Waals surface area contributed by atoms with E-state index in [2.05, 4.69) is 44.2 Å². The first-order chi connectivity index (χ1) is 8.20. The lowest BCUT2D eigenvalue weighted by Crippen LogP contribution is -2.33. The number of aliphatic hydroxyl groups is 1. The quantitative estimate of drug-likeness (QED) is 0.836. The minimum atomic E-state index is -0.152. The molecule has 1 saturated carbocycles. The zero-order chi connectivity index (χ0) is 12.3. The highest BCUT2D eigenvalue weighted by Gasteiger charge is 2.32. The Morgan fingerprint density at radius 2 is 1.71 bits per heavy atom. The molecule has 1 aliphatic rings. The monoisotopic (exact) mass is 232 g/mol. The van der Waals surface area contributed by atoms with Crippen LogP contribution in [0.4, 0.5) is 0 Å². The number of rotatable bonds is 3. The molecule has 0 saturated heterocycles. The fourth-order valence-electron chi connectivity index (χ4n) is 3.18. The fourth-order valence-corrected chi connectivity index (χ4v) is 3.18. The second kappa shape index (κ2) is 5.68. The van der Waals surface area contributed by atoms with Gasteiger partial charge in [-0.15, -0.1) is 0 Å². The molecule has 3 atom stereocenters. The lowest BCUT2D eigenvalue weighted by atomic mass is 9.71. The zero-order valence-corrected chi connectivity index (χ0v) is 11.0. The summed E-state index contributed by atoms with van der Waals surface area (Å²) in [7, 11) is 0. The van der Waals surface area contributed by atoms with E-state index in [-0.39, 0.29) is 6.10 Å². The first kappa shape index (κ1) is 12.6. The van der Waals surface area contributed by atoms with Gasteiger partial charge in [-0.1, -0.05) is 57.0 Å². The first-order valence-electron chi connectivity index (χ1n) is 6.93. The molecule has 94 valence electrons. The van der Waals surface area contributed by atoms with E-state index in [1.807, 2.05) is 0 Å². The molecule has 3 unspecified atom stereocenters. The van der Waals surface area contributed by atoms with Crippen LogP contribution in [0.2, 0.25) is 0 Å². The molecule has 0 aromatic heterocycles. The van der Waals surface area contributed by atoms with Gasteiger partial charge in [0.15, 0.2) is 0 Å². The highest BCUT2D eigenvalue weighted by molar-refractivity contribution is 5.21. The summed E-state index contributed by atoms with van der Waals surface area (Å²) in [6.45, 7) is 4.25. The van der Waals surface area contributed by atoms with Gasteiger partial charge < -0.3 is 5.11 Å². The molecule has 2 rings (SSSR count). The van der Waals surface area contributed by atoms with Gasteiger partial charge in [0, 0.05) is 0 Å². The van der Waals surface area contributed by atoms with Crippen LogP contribution >= 0.6 is 0 Å². The third-order valence-corrected chi connectivity index (χ3v) is 4.17. The van der Waals surface area contributed by atoms with Gasteiger partial charge in [-0.2, -0.15) is 0 Å². The van der Waals surface area contributed by atoms with Gasteiger partial charge >= 0.3 is 0 Å². The van der Waals surface area contributed by atoms with Crippen LogP contribution in [0.25, 0.3) is 0 Å². The summed E-state index contributed by atoms with van der Waals surface area (Å²) in [5, 5.41) is 10.4. The lowest BCUT2D eigenvalue weighted by Gasteiger charge is -2.36. The lowest BCUT2D eigenvalue weighted by molar-refractivity contribution is 0.0347. The zero-order valence-electron chi connectivity index (χ0n) is 11.0. The summed E-state index contributed by atoms with van der Waals surface area (Å²) >= 11 is 0. The maximum absolute atomic E-state index is 10.4. The van der Waals surface area contributed by atoms with Crippen LogP contribution in [0.1, 0.15) is 51.0 Å². The Kier molecular flexibility index (Phi) is 4.22. The number of hydrogen-bond acceptors (Lipinski definition) is 1. The van der Waals surface area contributed by atoms with Crippen molar-refractivity contribution in [2.75, 3.05) is 0 Å². The minimum Gasteiger partial charge on any atom is -0.393 e. The molecule has 1 heteroatoms. The van der Waals surface area contributed by atoms with Crippen molar-refractivity contribution in [2.24, 2.45) is 11.8 Å². The van der Waals surface area contributed by atoms with Crippen LogP contribution in [0.3, 0.4) is 0 Å². The number of benzene rings is 1. The molecule has 1 aliphatic carbocycles. The van der Waals surface area contributed by atoms with E-state index in [1.165, 1.54) is 31.2 Å². The van der Waals surface area contributed by atoms with E-state index in [1.54, 1.807) is 0 Å². The number of hydrogen-bond donors (Lipinski definition) is 1. The summed E-state index contributed by atoms with van der Waals surface area (Å²) in [5.74, 6) is 1.37. The van der Waals surface area contributed by atoms with Crippen molar-refractivity contribution in [2.45, 2.75) is 51.6 Å². The molecule has 1 aromatic carbocycles. The smallest absolute Gasteiger partial charge is 0.0597 e. The molecule has 0 aliphatic heterocycles. The highest BCUT2D eigenvalue weighted by Crippen LogP contribution is 2.40. The standard InChI is InChI=1S/C16H24O/c1-12(2)16(17)15-11-7-6-10-14(15)13-8-4-3-5-9-13/h3-5,8-9,12,14-17H,6-7,10-11H2,1-2H3. The third-order valence-electron chi connectivity index (χ3n) is 4.17. The summed E-state index contributed by atoms with van der Waals surface area (Å²) in [5.41, 5.74) is 1.41. The molecule has 0 bridgehead atoms. The molecule has 1 fully saturated rings. The molecule has 1 aromatic rings. The van der Waals surface area contributed by atoms with E-state index in [0.717, 1.165) is 0 Å². The van der Waals surface area contributed by atoms with Crippen LogP contribution < -0.4 is 0 Å². The maximum atomic E-state index is 10.4. The van der Waals surface area contributed by atoms with E-state index < -0.39 is 0 Å². The third kappa shape index (κ3) is 2.90. The van der Waals surface area contributed by atoms with Crippen LogP contribution in [-0.4, -0.2) is 11.2 Å². The van der Waals surface area contributed by atoms with Crippen molar-refractivity contribution in [1.82, 2.24) is 0 Å². The molecule has 0 heterocycles. The average molecular weight is 232 g/mol. The largest absolute Gasteiger partial charge is 0.393 e. The predicted molar refractivity (Wildman–Crippen MR) is 72.0 cm³/mol. The summed E-state index contributed by atoms with van der Waals surface area (Å²) in [4.78, 5) is 0. The van der Waals surface area contributed by atoms with Gasteiger partial charge in [0.2, 0.25) is 0 Å². The van der Waals surface area contributed by atoms with Crippen LogP contribution in [0.15, 0.2) is 30.3 Å². The average Bonchev–Trinajstić information content (AvgIpc) is 2.39. The summed E-state index contributed by atoms with van der Waals surface area (Å²) in [6, 6.07) is 10.7. The molecule has 17 heavy (non-hydrogen) atoms. The Morgan fingerprint density at radius 3 is 2.35 bits per heavy atom. The molecule has 1 N–H and O–H groups in total. The maximum Gasteiger partial charge on any atom is 0.0597 e. The molecular weight excluding hydrogens is 208 g/mol. The second-order valence-electron chi connectivity index (χ2n) is 5.70. The molecule has 1 nitrogen and oxygen atoms in total. The Labute approximate surface area is 105 Å². The van der Waals surface area contributed by atoms with Crippen LogP contribution in [-0.2, 0) is 0 Å². The van der Waals surface area contributed by atoms with Crippen molar-refractivity contribution in [3.8, 4) is 0 Å². The van der Waals surface area contributed by atoms with E-state index in [9.17, 15) is 5.11 Å². The second-order valence-corrected chi connectivity index (χ2v) is 5.70. The van der Waals surface area contributed by atoms with E-state index in [4.69, 9.17) is 0 Å². The fraction of sp³-hybridized carbons (Fsp3) is 0.625. The van der Waals surface area contributed by atoms with Crippen molar-refractivity contribution >= 4 is 0 Å². The SMILES string of the molecule is CC(C)C(O)C1CCCCC1c1ccccc1. The normalized spacial score (nSPS) is 27.1. The van der Waals surface area contributed by atoms with Gasteiger partial charge in [0.1, 0.15) is 0 Å². The molecule has 0 spiro atoms. The van der Waals surface area contributed by atoms with Crippen molar-refractivity contribution in [1.29, 1.82) is 0 Å². The van der Waals surface area contributed by atoms with Gasteiger partial charge in [-0.05, 0) is 36.2 Å². The minimum absolute atomic E-state index is 0.152. The Morgan fingerprint density at radius 1 is 1.06 bits per heavy atom. The topological polar surface area (TPSA) is 20.2 Å². The Balaban J connectivity index is 2.18. The highest BCUT2D eigenvalue weighted by atomic mass is 16.3. The van der Waals surface area contributed by atoms with E-state index in [0.29, 0.717) is 17.8 Å². The van der Waals surface area contributed by atoms with Gasteiger partial charge in [0.05, 0.1) is 6.10 Å². The molecular formula is C16H24O. The first-order valence-corrected chi connectivity index (χ1v) is 6.93. The van der Waals surface area contributed by atoms with E-state index >= 15 is 0 Å². The summed E-state index contributed by atoms with van der Waals surface area (Å²) < 4.78 is 0. The molecule has 0 amide bonds. The molecule has 0 radical (unpaired) electrons. The van der Waals surface area contributed by atoms with Crippen LogP contribution in [0, 0.1) is 11.8 Å². The van der Waals surface area contributed by atoms with Crippen molar-refractivity contribution in [3.63, 3.8) is 0 Å². The summed E-state index contributed by atoms with van der Waals surface area (Å²) in [6.07, 6.45) is 4.84. The van der Waals surface area contributed by atoms with Gasteiger partial charge in [-0.25, -0.2) is 0 Å². The Bertz CT molecular complexity index is 331. The van der Waals surface area contributed by atoms with Gasteiger partial charge in [-0.3, -0.25) is 0 Å². The van der Waals surface area contributed by atoms with Crippen molar-refractivity contribution < 1.29 is 5.11 Å². The predicted octanol–water partition coefficient (Wildman–Crippen LogP) is 3.98. The van der Waals surface area contributed by atoms with Crippen LogP contribution in [0.5, 0.6) is 0 Å².